The summed E-state index contributed by atoms with van der Waals surface area (Å²) >= 11 is 3.20. The second-order valence-corrected chi connectivity index (χ2v) is 9.95. The van der Waals surface area contributed by atoms with Crippen molar-refractivity contribution < 1.29 is 0 Å². The predicted molar refractivity (Wildman–Crippen MR) is 137 cm³/mol. The molecule has 1 aliphatic carbocycles. The van der Waals surface area contributed by atoms with Crippen LogP contribution < -0.4 is 20.1 Å². The van der Waals surface area contributed by atoms with Crippen LogP contribution in [0.25, 0.3) is 21.8 Å². The summed E-state index contributed by atoms with van der Waals surface area (Å²) in [6.45, 7) is 7.94. The van der Waals surface area contributed by atoms with Gasteiger partial charge in [0.05, 0.1) is 16.3 Å². The summed E-state index contributed by atoms with van der Waals surface area (Å²) in [5.41, 5.74) is 4.11. The van der Waals surface area contributed by atoms with Gasteiger partial charge in [-0.05, 0) is 44.7 Å². The Balaban J connectivity index is 1.61. The van der Waals surface area contributed by atoms with Gasteiger partial charge in [0.2, 0.25) is 5.95 Å². The van der Waals surface area contributed by atoms with Crippen LogP contribution in [0, 0.1) is 0 Å². The van der Waals surface area contributed by atoms with Gasteiger partial charge < -0.3 is 10.6 Å². The zero-order valence-electron chi connectivity index (χ0n) is 18.8. The van der Waals surface area contributed by atoms with Crippen LogP contribution in [-0.2, 0) is 6.54 Å². The van der Waals surface area contributed by atoms with E-state index in [1.54, 1.807) is 23.5 Å². The maximum absolute atomic E-state index is 4.85. The van der Waals surface area contributed by atoms with Crippen molar-refractivity contribution in [2.45, 2.75) is 58.7 Å². The first-order valence-corrected chi connectivity index (χ1v) is 12.8. The van der Waals surface area contributed by atoms with Crippen molar-refractivity contribution in [3.8, 4) is 21.8 Å². The van der Waals surface area contributed by atoms with Crippen LogP contribution in [0.1, 0.15) is 45.6 Å². The second-order valence-electron chi connectivity index (χ2n) is 8.19. The molecule has 0 atom stereocenters. The van der Waals surface area contributed by atoms with E-state index in [-0.39, 0.29) is 0 Å². The molecule has 0 bridgehead atoms. The molecule has 4 N–H and O–H groups in total. The third kappa shape index (κ3) is 6.41. The van der Waals surface area contributed by atoms with Gasteiger partial charge in [-0.15, -0.1) is 0 Å². The number of nitrogens with one attached hydrogen (secondary N) is 4. The topological polar surface area (TPSA) is 86.8 Å². The molecule has 2 heterocycles. The maximum Gasteiger partial charge on any atom is 0.223 e. The van der Waals surface area contributed by atoms with Crippen molar-refractivity contribution in [2.75, 3.05) is 17.2 Å². The molecule has 1 fully saturated rings. The van der Waals surface area contributed by atoms with Gasteiger partial charge in [0.1, 0.15) is 0 Å². The molecular weight excluding hydrogens is 438 g/mol. The number of thiazole rings is 1. The average Bonchev–Trinajstić information content (AvgIpc) is 3.51. The molecule has 0 unspecified atom stereocenters. The molecule has 0 spiro atoms. The highest BCUT2D eigenvalue weighted by Gasteiger charge is 2.20. The lowest BCUT2D eigenvalue weighted by Gasteiger charge is -2.13. The molecule has 0 aliphatic heterocycles. The summed E-state index contributed by atoms with van der Waals surface area (Å²) in [6.07, 6.45) is 5.44. The van der Waals surface area contributed by atoms with E-state index in [1.165, 1.54) is 18.4 Å². The van der Waals surface area contributed by atoms with Crippen LogP contribution in [0.4, 0.5) is 11.1 Å². The monoisotopic (exact) mass is 469 g/mol. The molecule has 1 aromatic carbocycles. The van der Waals surface area contributed by atoms with Crippen molar-refractivity contribution in [3.05, 3.63) is 42.1 Å². The first-order valence-electron chi connectivity index (χ1n) is 11.2. The summed E-state index contributed by atoms with van der Waals surface area (Å²) in [7, 11) is 0. The smallest absolute Gasteiger partial charge is 0.223 e. The Bertz CT molecular complexity index is 1020. The van der Waals surface area contributed by atoms with Gasteiger partial charge >= 0.3 is 0 Å². The van der Waals surface area contributed by atoms with Crippen LogP contribution in [0.2, 0.25) is 0 Å². The number of anilines is 2. The van der Waals surface area contributed by atoms with Gasteiger partial charge in [0.15, 0.2) is 5.13 Å². The van der Waals surface area contributed by atoms with E-state index < -0.39 is 0 Å². The SMILES string of the molecule is CCCNc1nc(-c2cnc(NC(C)C)s2)cc(-c2ccccc2CNSNC2CC2)n1. The van der Waals surface area contributed by atoms with Crippen LogP contribution >= 0.6 is 23.5 Å². The van der Waals surface area contributed by atoms with Crippen molar-refractivity contribution in [1.82, 2.24) is 24.4 Å². The van der Waals surface area contributed by atoms with Crippen LogP contribution in [0.3, 0.4) is 0 Å². The van der Waals surface area contributed by atoms with E-state index in [4.69, 9.17) is 9.97 Å². The molecule has 170 valence electrons. The Morgan fingerprint density at radius 1 is 1.16 bits per heavy atom. The molecule has 0 saturated heterocycles. The first kappa shape index (κ1) is 23.0. The number of aromatic nitrogens is 3. The number of hydrogen-bond acceptors (Lipinski definition) is 9. The van der Waals surface area contributed by atoms with E-state index >= 15 is 0 Å². The van der Waals surface area contributed by atoms with Crippen LogP contribution in [-0.4, -0.2) is 33.6 Å². The highest BCUT2D eigenvalue weighted by Crippen LogP contribution is 2.32. The molecule has 1 saturated carbocycles. The number of benzene rings is 1. The van der Waals surface area contributed by atoms with E-state index in [0.29, 0.717) is 18.0 Å². The fourth-order valence-electron chi connectivity index (χ4n) is 3.10. The van der Waals surface area contributed by atoms with Gasteiger partial charge in [-0.25, -0.2) is 24.4 Å². The van der Waals surface area contributed by atoms with E-state index in [2.05, 4.69) is 76.2 Å². The average molecular weight is 470 g/mol. The standard InChI is InChI=1S/C23H31N7S2/c1-4-11-24-22-28-19(12-20(29-22)21-14-25-23(31-21)27-15(2)3)18-8-6-5-7-16(18)13-26-32-30-17-9-10-17/h5-8,12,14-15,17,26,30H,4,9-11,13H2,1-3H3,(H,25,27)(H,24,28,29). The molecule has 7 nitrogen and oxygen atoms in total. The summed E-state index contributed by atoms with van der Waals surface area (Å²) < 4.78 is 6.85. The van der Waals surface area contributed by atoms with Crippen molar-refractivity contribution in [2.24, 2.45) is 0 Å². The maximum atomic E-state index is 4.85. The Morgan fingerprint density at radius 3 is 2.75 bits per heavy atom. The molecule has 2 aromatic heterocycles. The van der Waals surface area contributed by atoms with Crippen LogP contribution in [0.5, 0.6) is 0 Å². The Morgan fingerprint density at radius 2 is 1.97 bits per heavy atom. The molecule has 0 amide bonds. The van der Waals surface area contributed by atoms with Crippen LogP contribution in [0.15, 0.2) is 36.5 Å². The van der Waals surface area contributed by atoms with Gasteiger partial charge in [-0.1, -0.05) is 42.5 Å². The number of hydrogen-bond donors (Lipinski definition) is 4. The molecule has 0 radical (unpaired) electrons. The van der Waals surface area contributed by atoms with Gasteiger partial charge in [-0.3, -0.25) is 0 Å². The summed E-state index contributed by atoms with van der Waals surface area (Å²) in [5, 5.41) is 7.64. The minimum absolute atomic E-state index is 0.336. The zero-order chi connectivity index (χ0) is 22.3. The molecular formula is C23H31N7S2. The second kappa shape index (κ2) is 11.1. The molecule has 32 heavy (non-hydrogen) atoms. The van der Waals surface area contributed by atoms with E-state index in [0.717, 1.165) is 46.5 Å². The molecule has 9 heteroatoms. The molecule has 4 rings (SSSR count). The van der Waals surface area contributed by atoms with Gasteiger partial charge in [0.25, 0.3) is 0 Å². The summed E-state index contributed by atoms with van der Waals surface area (Å²) in [5.74, 6) is 0.652. The minimum Gasteiger partial charge on any atom is -0.359 e. The van der Waals surface area contributed by atoms with E-state index in [9.17, 15) is 0 Å². The predicted octanol–water partition coefficient (Wildman–Crippen LogP) is 5.31. The molecule has 1 aliphatic rings. The lowest BCUT2D eigenvalue weighted by atomic mass is 10.0. The van der Waals surface area contributed by atoms with Crippen molar-refractivity contribution in [1.29, 1.82) is 0 Å². The highest BCUT2D eigenvalue weighted by atomic mass is 32.2. The first-order chi connectivity index (χ1) is 15.6. The van der Waals surface area contributed by atoms with Gasteiger partial charge in [0, 0.05) is 49.1 Å². The summed E-state index contributed by atoms with van der Waals surface area (Å²) in [6, 6.07) is 11.5. The molecule has 3 aromatic rings. The highest BCUT2D eigenvalue weighted by molar-refractivity contribution is 7.95. The normalized spacial score (nSPS) is 13.5. The van der Waals surface area contributed by atoms with E-state index in [1.807, 2.05) is 6.20 Å². The Hall–Kier alpha value is -2.20. The quantitative estimate of drug-likeness (QED) is 0.210. The minimum atomic E-state index is 0.336. The lowest BCUT2D eigenvalue weighted by molar-refractivity contribution is 0.896. The van der Waals surface area contributed by atoms with Crippen molar-refractivity contribution in [3.63, 3.8) is 0 Å². The fraction of sp³-hybridized carbons (Fsp3) is 0.435. The Kier molecular flexibility index (Phi) is 7.96. The largest absolute Gasteiger partial charge is 0.359 e. The lowest BCUT2D eigenvalue weighted by Crippen LogP contribution is -2.15. The third-order valence-corrected chi connectivity index (χ3v) is 6.55. The summed E-state index contributed by atoms with van der Waals surface area (Å²) in [4.78, 5) is 15.2. The third-order valence-electron chi connectivity index (χ3n) is 4.86. The zero-order valence-corrected chi connectivity index (χ0v) is 20.4. The number of rotatable bonds is 12. The Labute approximate surface area is 198 Å². The van der Waals surface area contributed by atoms with Crippen molar-refractivity contribution >= 4 is 34.6 Å². The number of nitrogens with zero attached hydrogens (tertiary/aromatic N) is 3. The van der Waals surface area contributed by atoms with Gasteiger partial charge in [-0.2, -0.15) is 0 Å². The fourth-order valence-corrected chi connectivity index (χ4v) is 4.73.